The summed E-state index contributed by atoms with van der Waals surface area (Å²) < 4.78 is 57.9. The lowest BCUT2D eigenvalue weighted by Gasteiger charge is -2.33. The van der Waals surface area contributed by atoms with Crippen molar-refractivity contribution in [3.05, 3.63) is 89.8 Å². The smallest absolute Gasteiger partial charge is 0.246 e. The van der Waals surface area contributed by atoms with Crippen molar-refractivity contribution in [3.8, 4) is 39.5 Å². The Bertz CT molecular complexity index is 2420. The molecule has 2 aliphatic heterocycles. The number of hydrogen-bond donors (Lipinski definition) is 0. The summed E-state index contributed by atoms with van der Waals surface area (Å²) in [5, 5.41) is 7.29. The normalized spacial score (nSPS) is 17.5. The van der Waals surface area contributed by atoms with E-state index in [4.69, 9.17) is 14.8 Å². The average Bonchev–Trinajstić information content (AvgIpc) is 3.89. The van der Waals surface area contributed by atoms with Crippen LogP contribution in [0.2, 0.25) is 0 Å². The number of fused-ring (bicyclic) bond motifs is 3. The topological polar surface area (TPSA) is 85.5 Å². The average molecular weight is 711 g/mol. The summed E-state index contributed by atoms with van der Waals surface area (Å²) >= 11 is 1.14. The number of nitrogens with zero attached hydrogens (tertiary/aromatic N) is 6. The van der Waals surface area contributed by atoms with Crippen molar-refractivity contribution in [2.45, 2.75) is 25.9 Å². The maximum absolute atomic E-state index is 16.3. The van der Waals surface area contributed by atoms with Gasteiger partial charge in [0.2, 0.25) is 11.8 Å². The zero-order valence-corrected chi connectivity index (χ0v) is 28.9. The second-order valence-corrected chi connectivity index (χ2v) is 14.1. The van der Waals surface area contributed by atoms with Gasteiger partial charge in [-0.3, -0.25) is 14.3 Å². The predicted octanol–water partition coefficient (Wildman–Crippen LogP) is 7.35. The van der Waals surface area contributed by atoms with Crippen LogP contribution in [0.3, 0.4) is 0 Å². The van der Waals surface area contributed by atoms with Crippen LogP contribution >= 0.6 is 11.3 Å². The van der Waals surface area contributed by atoms with Gasteiger partial charge in [-0.15, -0.1) is 11.3 Å². The molecule has 4 aromatic heterocycles. The van der Waals surface area contributed by atoms with Gasteiger partial charge in [0.15, 0.2) is 0 Å². The highest BCUT2D eigenvalue weighted by molar-refractivity contribution is 7.17. The van der Waals surface area contributed by atoms with E-state index in [0.29, 0.717) is 41.4 Å². The van der Waals surface area contributed by atoms with Gasteiger partial charge in [-0.1, -0.05) is 12.6 Å². The van der Waals surface area contributed by atoms with Crippen molar-refractivity contribution in [2.24, 2.45) is 13.0 Å². The van der Waals surface area contributed by atoms with E-state index in [1.165, 1.54) is 11.5 Å². The summed E-state index contributed by atoms with van der Waals surface area (Å²) in [6, 6.07) is 11.1. The monoisotopic (exact) mass is 710 g/mol. The fourth-order valence-electron chi connectivity index (χ4n) is 7.35. The first kappa shape index (κ1) is 32.8. The molecule has 2 atom stereocenters. The van der Waals surface area contributed by atoms with Gasteiger partial charge < -0.3 is 19.1 Å². The molecule has 260 valence electrons. The van der Waals surface area contributed by atoms with Crippen LogP contribution in [0.5, 0.6) is 5.75 Å². The van der Waals surface area contributed by atoms with Crippen molar-refractivity contribution in [3.63, 3.8) is 0 Å². The van der Waals surface area contributed by atoms with Crippen LogP contribution in [-0.4, -0.2) is 67.7 Å². The Hall–Kier alpha value is -5.43. The highest BCUT2D eigenvalue weighted by Crippen LogP contribution is 2.48. The van der Waals surface area contributed by atoms with Gasteiger partial charge in [-0.2, -0.15) is 5.10 Å². The number of benzene rings is 2. The number of aryl methyl sites for hydroxylation is 1. The molecule has 0 bridgehead atoms. The Labute approximate surface area is 295 Å². The van der Waals surface area contributed by atoms with E-state index < -0.39 is 17.5 Å². The maximum atomic E-state index is 16.3. The first-order valence-corrected chi connectivity index (χ1v) is 17.4. The number of likely N-dealkylation sites (tertiary alicyclic amines) is 1. The van der Waals surface area contributed by atoms with E-state index in [-0.39, 0.29) is 64.8 Å². The molecule has 0 unspecified atom stereocenters. The second kappa shape index (κ2) is 12.4. The highest BCUT2D eigenvalue weighted by atomic mass is 32.1. The number of pyridine rings is 1. The van der Waals surface area contributed by atoms with Crippen LogP contribution < -0.4 is 4.74 Å². The highest BCUT2D eigenvalue weighted by Gasteiger charge is 2.33. The van der Waals surface area contributed by atoms with Gasteiger partial charge in [0.05, 0.1) is 40.8 Å². The molecule has 13 heteroatoms. The minimum atomic E-state index is -0.960. The number of ether oxygens (including phenoxy) is 1. The molecule has 6 aromatic rings. The minimum absolute atomic E-state index is 0.0165. The molecule has 0 N–H and O–H groups in total. The molecule has 51 heavy (non-hydrogen) atoms. The molecule has 8 rings (SSSR count). The maximum Gasteiger partial charge on any atom is 0.246 e. The van der Waals surface area contributed by atoms with Crippen LogP contribution in [0.25, 0.3) is 54.8 Å². The number of rotatable bonds is 7. The van der Waals surface area contributed by atoms with Gasteiger partial charge in [-0.05, 0) is 37.3 Å². The standard InChI is InChI=1S/C38H33F3N6O3S/c1-5-31(48)46-10-11-47-29(20(46)2)16-27(43-47)37-35(33-25(40)14-24(39)15-30(33)50-18-21-12-32(49)45(4)17-21)34-26(41)19-51-38(34)36(42-37)23-6-7-28-22(13-23)8-9-44(28)3/h5-9,13-16,19-21H,1,10-12,17-18H2,2-4H3/t20-,21-/m1/s1. The fraction of sp³-hybridized carbons (Fsp3) is 0.263. The predicted molar refractivity (Wildman–Crippen MR) is 190 cm³/mol. The van der Waals surface area contributed by atoms with Crippen LogP contribution in [0.4, 0.5) is 13.2 Å². The summed E-state index contributed by atoms with van der Waals surface area (Å²) in [6.07, 6.45) is 3.46. The van der Waals surface area contributed by atoms with E-state index in [2.05, 4.69) is 6.58 Å². The number of carbonyl (C=O) groups is 2. The molecule has 0 saturated carbocycles. The van der Waals surface area contributed by atoms with E-state index in [0.717, 1.165) is 39.9 Å². The number of aromatic nitrogens is 4. The Morgan fingerprint density at radius 3 is 2.65 bits per heavy atom. The molecule has 9 nitrogen and oxygen atoms in total. The summed E-state index contributed by atoms with van der Waals surface area (Å²) in [4.78, 5) is 33.3. The Kier molecular flexibility index (Phi) is 7.97. The van der Waals surface area contributed by atoms with E-state index in [1.54, 1.807) is 27.6 Å². The van der Waals surface area contributed by atoms with Gasteiger partial charge in [-0.25, -0.2) is 18.2 Å². The number of hydrogen-bond acceptors (Lipinski definition) is 6. The number of amides is 2. The van der Waals surface area contributed by atoms with E-state index in [1.807, 2.05) is 49.0 Å². The van der Waals surface area contributed by atoms with Crippen LogP contribution in [0, 0.1) is 23.4 Å². The third kappa shape index (κ3) is 5.47. The molecule has 6 heterocycles. The molecule has 1 fully saturated rings. The summed E-state index contributed by atoms with van der Waals surface area (Å²) in [6.45, 7) is 6.74. The molecule has 2 aromatic carbocycles. The van der Waals surface area contributed by atoms with Crippen LogP contribution in [0.15, 0.2) is 66.7 Å². The van der Waals surface area contributed by atoms with Crippen molar-refractivity contribution >= 4 is 44.1 Å². The zero-order valence-electron chi connectivity index (χ0n) is 28.1. The summed E-state index contributed by atoms with van der Waals surface area (Å²) in [5.41, 5.74) is 3.32. The van der Waals surface area contributed by atoms with Gasteiger partial charge in [0.1, 0.15) is 34.6 Å². The Morgan fingerprint density at radius 1 is 1.06 bits per heavy atom. The molecule has 0 spiro atoms. The number of carbonyl (C=O) groups excluding carboxylic acids is 2. The Balaban J connectivity index is 1.37. The van der Waals surface area contributed by atoms with Crippen LogP contribution in [-0.2, 0) is 23.2 Å². The van der Waals surface area contributed by atoms with Crippen molar-refractivity contribution in [1.29, 1.82) is 0 Å². The first-order chi connectivity index (χ1) is 24.5. The minimum Gasteiger partial charge on any atom is -0.492 e. The van der Waals surface area contributed by atoms with Crippen molar-refractivity contribution in [1.82, 2.24) is 29.1 Å². The number of thiophene rings is 1. The van der Waals surface area contributed by atoms with Gasteiger partial charge in [0, 0.05) is 90.6 Å². The fourth-order valence-corrected chi connectivity index (χ4v) is 8.28. The van der Waals surface area contributed by atoms with E-state index >= 15 is 8.78 Å². The first-order valence-electron chi connectivity index (χ1n) is 16.6. The molecular weight excluding hydrogens is 678 g/mol. The van der Waals surface area contributed by atoms with Crippen molar-refractivity contribution in [2.75, 3.05) is 26.7 Å². The SMILES string of the molecule is C=CC(=O)N1CCn2nc(-c3nc(-c4ccc5c(ccn5C)c4)c4scc(F)c4c3-c3c(F)cc(F)cc3OC[C@@H]3CC(=O)N(C)C3)cc2[C@H]1C. The third-order valence-corrected chi connectivity index (χ3v) is 10.9. The zero-order chi connectivity index (χ0) is 35.7. The third-order valence-electron chi connectivity index (χ3n) is 9.95. The number of halogens is 3. The van der Waals surface area contributed by atoms with Crippen molar-refractivity contribution < 1.29 is 27.5 Å². The second-order valence-electron chi connectivity index (χ2n) is 13.2. The molecule has 2 aliphatic rings. The molecule has 0 aliphatic carbocycles. The van der Waals surface area contributed by atoms with Crippen LogP contribution in [0.1, 0.15) is 25.1 Å². The lowest BCUT2D eigenvalue weighted by Crippen LogP contribution is -2.40. The van der Waals surface area contributed by atoms with Gasteiger partial charge >= 0.3 is 0 Å². The lowest BCUT2D eigenvalue weighted by atomic mass is 9.94. The summed E-state index contributed by atoms with van der Waals surface area (Å²) in [7, 11) is 3.64. The van der Waals surface area contributed by atoms with Gasteiger partial charge in [0.25, 0.3) is 0 Å². The van der Waals surface area contributed by atoms with E-state index in [9.17, 15) is 14.0 Å². The quantitative estimate of drug-likeness (QED) is 0.162. The molecule has 1 saturated heterocycles. The molecule has 2 amide bonds. The largest absolute Gasteiger partial charge is 0.492 e. The summed E-state index contributed by atoms with van der Waals surface area (Å²) in [5.74, 6) is -3.03. The lowest BCUT2D eigenvalue weighted by molar-refractivity contribution is -0.129. The molecular formula is C38H33F3N6O3S. The molecule has 0 radical (unpaired) electrons. The Morgan fingerprint density at radius 2 is 1.88 bits per heavy atom.